The second-order valence-electron chi connectivity index (χ2n) is 5.81. The second-order valence-corrected chi connectivity index (χ2v) is 6.77. The minimum absolute atomic E-state index is 0.115. The van der Waals surface area contributed by atoms with Crippen molar-refractivity contribution < 1.29 is 9.59 Å². The molecule has 0 aromatic rings. The van der Waals surface area contributed by atoms with Crippen LogP contribution in [-0.2, 0) is 9.59 Å². The molecule has 3 aliphatic rings. The first-order chi connectivity index (χ1) is 9.10. The summed E-state index contributed by atoms with van der Waals surface area (Å²) < 4.78 is 0. The van der Waals surface area contributed by atoms with Crippen LogP contribution in [0.3, 0.4) is 0 Å². The number of thioether (sulfide) groups is 1. The van der Waals surface area contributed by atoms with Crippen molar-refractivity contribution in [2.24, 2.45) is 10.4 Å². The predicted octanol–water partition coefficient (Wildman–Crippen LogP) is 0.996. The van der Waals surface area contributed by atoms with Gasteiger partial charge < -0.3 is 5.32 Å². The van der Waals surface area contributed by atoms with Crippen molar-refractivity contribution in [3.8, 4) is 0 Å². The third kappa shape index (κ3) is 2.38. The fourth-order valence-corrected chi connectivity index (χ4v) is 4.29. The zero-order chi connectivity index (χ0) is 13.5. The van der Waals surface area contributed by atoms with Gasteiger partial charge in [0.25, 0.3) is 5.91 Å². The van der Waals surface area contributed by atoms with E-state index in [1.165, 1.54) is 37.6 Å². The number of likely N-dealkylation sites (tertiary alicyclic amines) is 1. The largest absolute Gasteiger partial charge is 0.353 e. The Morgan fingerprint density at radius 2 is 2.11 bits per heavy atom. The Balaban J connectivity index is 1.61. The number of amidine groups is 1. The molecule has 3 rings (SSSR count). The number of hydrogen-bond acceptors (Lipinski definition) is 5. The number of amides is 2. The zero-order valence-electron chi connectivity index (χ0n) is 11.1. The van der Waals surface area contributed by atoms with E-state index >= 15 is 0 Å². The molecule has 2 amide bonds. The number of nitrogens with zero attached hydrogens (tertiary/aromatic N) is 2. The molecule has 0 aromatic heterocycles. The van der Waals surface area contributed by atoms with Gasteiger partial charge in [0.15, 0.2) is 5.17 Å². The molecule has 2 aliphatic heterocycles. The summed E-state index contributed by atoms with van der Waals surface area (Å²) in [4.78, 5) is 29.1. The van der Waals surface area contributed by atoms with Gasteiger partial charge in [-0.25, -0.2) is 0 Å². The molecular weight excluding hydrogens is 262 g/mol. The number of carbonyl (C=O) groups is 2. The smallest absolute Gasteiger partial charge is 0.251 e. The average Bonchev–Trinajstić information content (AvgIpc) is 2.95. The minimum Gasteiger partial charge on any atom is -0.353 e. The Bertz CT molecular complexity index is 443. The van der Waals surface area contributed by atoms with Gasteiger partial charge in [0.2, 0.25) is 5.91 Å². The number of aliphatic imine (C=N–C) groups is 1. The lowest BCUT2D eigenvalue weighted by atomic mass is 9.89. The van der Waals surface area contributed by atoms with Gasteiger partial charge in [0, 0.05) is 19.3 Å². The zero-order valence-corrected chi connectivity index (χ0v) is 12.0. The molecule has 1 atom stereocenters. The van der Waals surface area contributed by atoms with E-state index in [2.05, 4.69) is 10.3 Å². The molecule has 1 unspecified atom stereocenters. The van der Waals surface area contributed by atoms with Crippen LogP contribution in [0.4, 0.5) is 0 Å². The first-order valence-electron chi connectivity index (χ1n) is 6.84. The van der Waals surface area contributed by atoms with Crippen LogP contribution in [0.2, 0.25) is 0 Å². The molecule has 104 valence electrons. The number of carbonyl (C=O) groups excluding carboxylic acids is 2. The summed E-state index contributed by atoms with van der Waals surface area (Å²) in [5.41, 5.74) is 0.405. The molecular formula is C13H19N3O2S. The fourth-order valence-electron chi connectivity index (χ4n) is 3.08. The number of nitrogens with one attached hydrogen (secondary N) is 1. The molecule has 0 radical (unpaired) electrons. The van der Waals surface area contributed by atoms with Gasteiger partial charge in [0.05, 0.1) is 6.42 Å². The van der Waals surface area contributed by atoms with Crippen LogP contribution >= 0.6 is 11.8 Å². The van der Waals surface area contributed by atoms with Crippen molar-refractivity contribution in [3.63, 3.8) is 0 Å². The maximum atomic E-state index is 11.8. The van der Waals surface area contributed by atoms with Gasteiger partial charge in [-0.1, -0.05) is 24.6 Å². The number of rotatable bonds is 1. The predicted molar refractivity (Wildman–Crippen MR) is 75.0 cm³/mol. The standard InChI is InChI=1S/C13H19N3O2S/c1-16-10(17)6-9(11(16)18)15-12-14-7-13(8-19-12)4-2-3-5-13/h9H,2-8H2,1H3,(H,14,15). The summed E-state index contributed by atoms with van der Waals surface area (Å²) in [6.07, 6.45) is 5.44. The van der Waals surface area contributed by atoms with E-state index in [1.807, 2.05) is 0 Å². The SMILES string of the molecule is CN1C(=O)CC(NC2=NCC3(CCCC3)CS2)C1=O. The Morgan fingerprint density at radius 3 is 2.63 bits per heavy atom. The number of hydrogen-bond donors (Lipinski definition) is 1. The first-order valence-corrected chi connectivity index (χ1v) is 7.82. The molecule has 19 heavy (non-hydrogen) atoms. The highest BCUT2D eigenvalue weighted by atomic mass is 32.2. The van der Waals surface area contributed by atoms with Gasteiger partial charge in [-0.05, 0) is 18.3 Å². The van der Waals surface area contributed by atoms with Crippen LogP contribution < -0.4 is 5.32 Å². The molecule has 5 nitrogen and oxygen atoms in total. The molecule has 2 fully saturated rings. The monoisotopic (exact) mass is 281 g/mol. The Morgan fingerprint density at radius 1 is 1.37 bits per heavy atom. The fraction of sp³-hybridized carbons (Fsp3) is 0.769. The van der Waals surface area contributed by atoms with Crippen LogP contribution in [0.5, 0.6) is 0 Å². The highest BCUT2D eigenvalue weighted by Gasteiger charge is 2.39. The first kappa shape index (κ1) is 13.0. The lowest BCUT2D eigenvalue weighted by Crippen LogP contribution is -2.42. The summed E-state index contributed by atoms with van der Waals surface area (Å²) in [7, 11) is 1.54. The van der Waals surface area contributed by atoms with Crippen molar-refractivity contribution in [1.29, 1.82) is 0 Å². The number of likely N-dealkylation sites (N-methyl/N-ethyl adjacent to an activating group) is 1. The van der Waals surface area contributed by atoms with Crippen LogP contribution in [0.15, 0.2) is 4.99 Å². The lowest BCUT2D eigenvalue weighted by Gasteiger charge is -2.31. The molecule has 0 aromatic carbocycles. The van der Waals surface area contributed by atoms with E-state index in [-0.39, 0.29) is 18.2 Å². The van der Waals surface area contributed by atoms with Crippen LogP contribution in [0.1, 0.15) is 32.1 Å². The molecule has 1 aliphatic carbocycles. The third-order valence-corrected chi connectivity index (χ3v) is 5.69. The highest BCUT2D eigenvalue weighted by molar-refractivity contribution is 8.13. The van der Waals surface area contributed by atoms with Gasteiger partial charge in [-0.15, -0.1) is 0 Å². The normalized spacial score (nSPS) is 30.1. The summed E-state index contributed by atoms with van der Waals surface area (Å²) >= 11 is 1.71. The van der Waals surface area contributed by atoms with E-state index in [4.69, 9.17) is 0 Å². The molecule has 0 bridgehead atoms. The van der Waals surface area contributed by atoms with E-state index in [0.717, 1.165) is 17.5 Å². The van der Waals surface area contributed by atoms with E-state index < -0.39 is 6.04 Å². The van der Waals surface area contributed by atoms with Gasteiger partial charge in [-0.2, -0.15) is 0 Å². The van der Waals surface area contributed by atoms with Crippen molar-refractivity contribution in [2.75, 3.05) is 19.3 Å². The summed E-state index contributed by atoms with van der Waals surface area (Å²) in [5.74, 6) is 0.828. The molecule has 1 saturated carbocycles. The second kappa shape index (κ2) is 4.81. The lowest BCUT2D eigenvalue weighted by molar-refractivity contribution is -0.137. The summed E-state index contributed by atoms with van der Waals surface area (Å²) in [6.45, 7) is 0.868. The van der Waals surface area contributed by atoms with Gasteiger partial charge in [0.1, 0.15) is 6.04 Å². The van der Waals surface area contributed by atoms with Gasteiger partial charge in [-0.3, -0.25) is 19.5 Å². The maximum Gasteiger partial charge on any atom is 0.251 e. The maximum absolute atomic E-state index is 11.8. The van der Waals surface area contributed by atoms with Gasteiger partial charge >= 0.3 is 0 Å². The molecule has 1 N–H and O–H groups in total. The number of imide groups is 1. The molecule has 1 spiro atoms. The Labute approximate surface area is 117 Å². The van der Waals surface area contributed by atoms with Crippen molar-refractivity contribution in [2.45, 2.75) is 38.1 Å². The van der Waals surface area contributed by atoms with Crippen LogP contribution in [0, 0.1) is 5.41 Å². The van der Waals surface area contributed by atoms with Crippen molar-refractivity contribution in [1.82, 2.24) is 10.2 Å². The quantitative estimate of drug-likeness (QED) is 0.728. The summed E-state index contributed by atoms with van der Waals surface area (Å²) in [6, 6.07) is -0.415. The van der Waals surface area contributed by atoms with Crippen molar-refractivity contribution in [3.05, 3.63) is 0 Å². The topological polar surface area (TPSA) is 61.8 Å². The molecule has 6 heteroatoms. The Kier molecular flexibility index (Phi) is 3.28. The molecule has 2 heterocycles. The van der Waals surface area contributed by atoms with E-state index in [0.29, 0.717) is 5.41 Å². The minimum atomic E-state index is -0.415. The van der Waals surface area contributed by atoms with E-state index in [9.17, 15) is 9.59 Å². The summed E-state index contributed by atoms with van der Waals surface area (Å²) in [5, 5.41) is 3.97. The third-order valence-electron chi connectivity index (χ3n) is 4.42. The highest BCUT2D eigenvalue weighted by Crippen LogP contribution is 2.43. The van der Waals surface area contributed by atoms with E-state index in [1.54, 1.807) is 11.8 Å². The van der Waals surface area contributed by atoms with Crippen LogP contribution in [-0.4, -0.2) is 47.3 Å². The van der Waals surface area contributed by atoms with Crippen LogP contribution in [0.25, 0.3) is 0 Å². The Hall–Kier alpha value is -1.04. The average molecular weight is 281 g/mol. The molecule has 1 saturated heterocycles. The van der Waals surface area contributed by atoms with Crippen molar-refractivity contribution >= 4 is 28.7 Å².